The molecule has 0 aromatic heterocycles. The van der Waals surface area contributed by atoms with Gasteiger partial charge in [0, 0.05) is 22.3 Å². The van der Waals surface area contributed by atoms with Crippen molar-refractivity contribution in [2.75, 3.05) is 0 Å². The summed E-state index contributed by atoms with van der Waals surface area (Å²) in [5, 5.41) is 0. The van der Waals surface area contributed by atoms with Gasteiger partial charge in [-0.05, 0) is 99.7 Å². The Balaban J connectivity index is 1.74. The van der Waals surface area contributed by atoms with E-state index in [0.717, 1.165) is 60.8 Å². The van der Waals surface area contributed by atoms with E-state index in [-0.39, 0.29) is 33.2 Å². The second kappa shape index (κ2) is 12.8. The second-order valence-electron chi connectivity index (χ2n) is 15.9. The number of hydrogen-bond donors (Lipinski definition) is 0. The number of hydrogen-bond acceptors (Lipinski definition) is 2. The number of allylic oxidation sites excluding steroid dienone is 12. The summed E-state index contributed by atoms with van der Waals surface area (Å²) in [5.74, 6) is 0.277. The van der Waals surface area contributed by atoms with E-state index in [2.05, 4.69) is 107 Å². The predicted molar refractivity (Wildman–Crippen MR) is 180 cm³/mol. The highest BCUT2D eigenvalue weighted by Crippen LogP contribution is 2.48. The Morgan fingerprint density at radius 1 is 0.667 bits per heavy atom. The van der Waals surface area contributed by atoms with Gasteiger partial charge in [0.2, 0.25) is 0 Å². The summed E-state index contributed by atoms with van der Waals surface area (Å²) < 4.78 is 0. The summed E-state index contributed by atoms with van der Waals surface area (Å²) in [7, 11) is 0. The van der Waals surface area contributed by atoms with Gasteiger partial charge in [0.1, 0.15) is 0 Å². The van der Waals surface area contributed by atoms with Crippen LogP contribution in [0.1, 0.15) is 147 Å². The van der Waals surface area contributed by atoms with E-state index < -0.39 is 0 Å². The summed E-state index contributed by atoms with van der Waals surface area (Å²) in [6, 6.07) is 0. The Morgan fingerprint density at radius 3 is 1.67 bits per heavy atom. The first kappa shape index (κ1) is 34.3. The summed E-state index contributed by atoms with van der Waals surface area (Å²) in [4.78, 5) is 27.8. The standard InChI is InChI=1S/C40H60O2/c1-13-38(8,9)28(4)18-16-24-40(12,14-2)30-20-22-32-34(26-30)36(42)33-25-29(19-21-31(33)35(32)41)39(10,11)23-15-17-27(3)37(5,6)7/h17-20H,13-16,21-26H2,1-12H3. The predicted octanol–water partition coefficient (Wildman–Crippen LogP) is 11.5. The molecule has 0 amide bonds. The first-order valence-corrected chi connectivity index (χ1v) is 16.6. The molecule has 0 fully saturated rings. The van der Waals surface area contributed by atoms with E-state index in [1.54, 1.807) is 0 Å². The monoisotopic (exact) mass is 572 g/mol. The van der Waals surface area contributed by atoms with Crippen molar-refractivity contribution in [2.45, 2.75) is 147 Å². The summed E-state index contributed by atoms with van der Waals surface area (Å²) >= 11 is 0. The number of rotatable bonds is 11. The van der Waals surface area contributed by atoms with E-state index in [0.29, 0.717) is 25.7 Å². The molecule has 2 heteroatoms. The van der Waals surface area contributed by atoms with Crippen molar-refractivity contribution in [1.82, 2.24) is 0 Å². The molecule has 0 heterocycles. The van der Waals surface area contributed by atoms with Gasteiger partial charge < -0.3 is 0 Å². The maximum atomic E-state index is 14.1. The average molecular weight is 573 g/mol. The lowest BCUT2D eigenvalue weighted by atomic mass is 9.65. The van der Waals surface area contributed by atoms with Gasteiger partial charge in [-0.2, -0.15) is 0 Å². The van der Waals surface area contributed by atoms with Gasteiger partial charge in [-0.1, -0.05) is 116 Å². The van der Waals surface area contributed by atoms with Gasteiger partial charge in [0.25, 0.3) is 0 Å². The van der Waals surface area contributed by atoms with Gasteiger partial charge >= 0.3 is 0 Å². The summed E-state index contributed by atoms with van der Waals surface area (Å²) in [6.45, 7) is 27.4. The molecule has 0 radical (unpaired) electrons. The quantitative estimate of drug-likeness (QED) is 0.182. The minimum Gasteiger partial charge on any atom is -0.289 e. The number of ketones is 2. The molecule has 0 bridgehead atoms. The van der Waals surface area contributed by atoms with Gasteiger partial charge in [0.15, 0.2) is 11.6 Å². The summed E-state index contributed by atoms with van der Waals surface area (Å²) in [6.07, 6.45) is 18.1. The zero-order valence-corrected chi connectivity index (χ0v) is 29.2. The molecule has 0 aromatic carbocycles. The number of carbonyl (C=O) groups is 2. The zero-order chi connectivity index (χ0) is 31.7. The molecule has 0 aliphatic heterocycles. The third kappa shape index (κ3) is 7.28. The van der Waals surface area contributed by atoms with Crippen LogP contribution in [0.4, 0.5) is 0 Å². The van der Waals surface area contributed by atoms with Crippen LogP contribution in [0.15, 0.2) is 68.9 Å². The van der Waals surface area contributed by atoms with E-state index in [4.69, 9.17) is 0 Å². The van der Waals surface area contributed by atoms with Crippen molar-refractivity contribution in [3.63, 3.8) is 0 Å². The fraction of sp³-hybridized carbons (Fsp3) is 0.650. The smallest absolute Gasteiger partial charge is 0.186 e. The van der Waals surface area contributed by atoms with Crippen molar-refractivity contribution in [2.24, 2.45) is 21.7 Å². The molecule has 3 aliphatic rings. The Kier molecular flexibility index (Phi) is 10.4. The molecule has 3 rings (SSSR count). The highest BCUT2D eigenvalue weighted by Gasteiger charge is 2.40. The Morgan fingerprint density at radius 2 is 1.14 bits per heavy atom. The van der Waals surface area contributed by atoms with Crippen LogP contribution in [0.5, 0.6) is 0 Å². The fourth-order valence-corrected chi connectivity index (χ4v) is 6.51. The molecule has 0 saturated heterocycles. The molecule has 0 N–H and O–H groups in total. The average Bonchev–Trinajstić information content (AvgIpc) is 2.94. The molecular weight excluding hydrogens is 512 g/mol. The van der Waals surface area contributed by atoms with Gasteiger partial charge in [-0.25, -0.2) is 0 Å². The van der Waals surface area contributed by atoms with Crippen LogP contribution in [0.2, 0.25) is 0 Å². The molecule has 1 unspecified atom stereocenters. The molecule has 0 aromatic rings. The Bertz CT molecular complexity index is 1270. The Hall–Kier alpha value is -2.22. The van der Waals surface area contributed by atoms with Crippen LogP contribution in [0, 0.1) is 21.7 Å². The first-order chi connectivity index (χ1) is 19.4. The van der Waals surface area contributed by atoms with E-state index in [1.165, 1.54) is 22.3 Å². The summed E-state index contributed by atoms with van der Waals surface area (Å²) in [5.41, 5.74) is 9.09. The zero-order valence-electron chi connectivity index (χ0n) is 29.2. The van der Waals surface area contributed by atoms with Crippen LogP contribution in [-0.2, 0) is 9.59 Å². The van der Waals surface area contributed by atoms with E-state index in [9.17, 15) is 9.59 Å². The maximum Gasteiger partial charge on any atom is 0.186 e. The van der Waals surface area contributed by atoms with Crippen molar-refractivity contribution in [3.8, 4) is 0 Å². The molecule has 2 nitrogen and oxygen atoms in total. The van der Waals surface area contributed by atoms with Crippen molar-refractivity contribution in [1.29, 1.82) is 0 Å². The van der Waals surface area contributed by atoms with Crippen molar-refractivity contribution < 1.29 is 9.59 Å². The molecule has 1 atom stereocenters. The van der Waals surface area contributed by atoms with Crippen LogP contribution >= 0.6 is 0 Å². The third-order valence-electron chi connectivity index (χ3n) is 11.6. The molecule has 42 heavy (non-hydrogen) atoms. The fourth-order valence-electron chi connectivity index (χ4n) is 6.51. The Labute approximate surface area is 258 Å². The maximum absolute atomic E-state index is 14.1. The highest BCUT2D eigenvalue weighted by molar-refractivity contribution is 6.26. The highest BCUT2D eigenvalue weighted by atomic mass is 16.1. The lowest BCUT2D eigenvalue weighted by Crippen LogP contribution is -2.31. The van der Waals surface area contributed by atoms with E-state index >= 15 is 0 Å². The van der Waals surface area contributed by atoms with Gasteiger partial charge in [-0.15, -0.1) is 0 Å². The van der Waals surface area contributed by atoms with E-state index in [1.807, 2.05) is 0 Å². The first-order valence-electron chi connectivity index (χ1n) is 16.6. The number of Topliss-reactive ketones (excluding diaryl/α,β-unsaturated/α-hetero) is 2. The SMILES string of the molecule is CCC(C)(C)C(C)=CCCC(C)(CC)C1=CCC2=C(C1)C(=O)C1=C(CC=C(C(C)(C)CCC=C(C)C(C)(C)C)C1)C2=O. The molecule has 232 valence electrons. The molecule has 0 spiro atoms. The molecular formula is C40H60O2. The van der Waals surface area contributed by atoms with Gasteiger partial charge in [0.05, 0.1) is 0 Å². The lowest BCUT2D eigenvalue weighted by Gasteiger charge is -2.38. The van der Waals surface area contributed by atoms with Crippen LogP contribution in [0.25, 0.3) is 0 Å². The van der Waals surface area contributed by atoms with Gasteiger partial charge in [-0.3, -0.25) is 9.59 Å². The second-order valence-corrected chi connectivity index (χ2v) is 15.9. The molecule has 3 aliphatic carbocycles. The van der Waals surface area contributed by atoms with Crippen LogP contribution < -0.4 is 0 Å². The lowest BCUT2D eigenvalue weighted by molar-refractivity contribution is -0.117. The normalized spacial score (nSPS) is 20.8. The van der Waals surface area contributed by atoms with Crippen LogP contribution in [-0.4, -0.2) is 11.6 Å². The van der Waals surface area contributed by atoms with Crippen molar-refractivity contribution >= 4 is 11.6 Å². The topological polar surface area (TPSA) is 34.1 Å². The number of carbonyl (C=O) groups excluding carboxylic acids is 2. The van der Waals surface area contributed by atoms with Crippen molar-refractivity contribution in [3.05, 3.63) is 68.9 Å². The van der Waals surface area contributed by atoms with Crippen LogP contribution in [0.3, 0.4) is 0 Å². The minimum atomic E-state index is -0.0123. The molecule has 0 saturated carbocycles. The third-order valence-corrected chi connectivity index (χ3v) is 11.6. The minimum absolute atomic E-state index is 0.0123. The largest absolute Gasteiger partial charge is 0.289 e.